The Balaban J connectivity index is 3.01. The predicted octanol–water partition coefficient (Wildman–Crippen LogP) is 2.42. The monoisotopic (exact) mass is 213 g/mol. The van der Waals surface area contributed by atoms with Gasteiger partial charge in [0, 0.05) is 5.02 Å². The largest absolute Gasteiger partial charge is 0.496 e. The zero-order valence-corrected chi connectivity index (χ0v) is 9.61. The molecule has 2 nitrogen and oxygen atoms in total. The van der Waals surface area contributed by atoms with Gasteiger partial charge in [0.2, 0.25) is 0 Å². The normalized spacial score (nSPS) is 10.3. The lowest BCUT2D eigenvalue weighted by Crippen LogP contribution is -2.11. The Morgan fingerprint density at radius 2 is 2.14 bits per heavy atom. The van der Waals surface area contributed by atoms with Crippen molar-refractivity contribution >= 4 is 11.6 Å². The Labute approximate surface area is 90.2 Å². The molecule has 0 aliphatic carbocycles. The molecule has 14 heavy (non-hydrogen) atoms. The number of benzene rings is 1. The summed E-state index contributed by atoms with van der Waals surface area (Å²) in [4.78, 5) is 0. The number of halogens is 1. The summed E-state index contributed by atoms with van der Waals surface area (Å²) in [7, 11) is 3.62. The summed E-state index contributed by atoms with van der Waals surface area (Å²) in [5.74, 6) is 0.919. The van der Waals surface area contributed by atoms with Crippen LogP contribution < -0.4 is 10.1 Å². The first-order valence-electron chi connectivity index (χ1n) is 4.67. The molecule has 0 saturated carbocycles. The van der Waals surface area contributed by atoms with Gasteiger partial charge in [-0.25, -0.2) is 0 Å². The van der Waals surface area contributed by atoms with Crippen molar-refractivity contribution in [2.24, 2.45) is 0 Å². The summed E-state index contributed by atoms with van der Waals surface area (Å²) in [5.41, 5.74) is 2.30. The molecule has 1 aromatic carbocycles. The Bertz CT molecular complexity index is 312. The molecule has 0 radical (unpaired) electrons. The van der Waals surface area contributed by atoms with Crippen LogP contribution in [0, 0.1) is 6.92 Å². The fourth-order valence-corrected chi connectivity index (χ4v) is 1.63. The van der Waals surface area contributed by atoms with Crippen LogP contribution in [0.5, 0.6) is 5.75 Å². The van der Waals surface area contributed by atoms with Crippen LogP contribution in [-0.4, -0.2) is 20.7 Å². The molecule has 0 aliphatic rings. The van der Waals surface area contributed by atoms with Crippen molar-refractivity contribution in [3.63, 3.8) is 0 Å². The molecule has 0 saturated heterocycles. The van der Waals surface area contributed by atoms with Gasteiger partial charge < -0.3 is 10.1 Å². The van der Waals surface area contributed by atoms with E-state index in [-0.39, 0.29) is 0 Å². The smallest absolute Gasteiger partial charge is 0.122 e. The highest BCUT2D eigenvalue weighted by atomic mass is 35.5. The van der Waals surface area contributed by atoms with Crippen LogP contribution in [0.4, 0.5) is 0 Å². The molecule has 0 aliphatic heterocycles. The molecule has 3 heteroatoms. The van der Waals surface area contributed by atoms with E-state index in [4.69, 9.17) is 16.3 Å². The lowest BCUT2D eigenvalue weighted by atomic mass is 10.0. The molecule has 0 aromatic heterocycles. The molecule has 0 fully saturated rings. The van der Waals surface area contributed by atoms with E-state index in [9.17, 15) is 0 Å². The van der Waals surface area contributed by atoms with Crippen LogP contribution in [-0.2, 0) is 6.42 Å². The van der Waals surface area contributed by atoms with Gasteiger partial charge in [-0.15, -0.1) is 0 Å². The van der Waals surface area contributed by atoms with Gasteiger partial charge in [0.25, 0.3) is 0 Å². The van der Waals surface area contributed by atoms with Gasteiger partial charge in [-0.2, -0.15) is 0 Å². The van der Waals surface area contributed by atoms with E-state index in [1.165, 1.54) is 5.56 Å². The van der Waals surface area contributed by atoms with Gasteiger partial charge in [-0.05, 0) is 50.2 Å². The maximum absolute atomic E-state index is 6.05. The van der Waals surface area contributed by atoms with Crippen molar-refractivity contribution in [2.45, 2.75) is 13.3 Å². The Hall–Kier alpha value is -0.730. The van der Waals surface area contributed by atoms with Crippen molar-refractivity contribution in [1.29, 1.82) is 0 Å². The highest BCUT2D eigenvalue weighted by molar-refractivity contribution is 6.31. The molecule has 1 N–H and O–H groups in total. The third kappa shape index (κ3) is 2.40. The summed E-state index contributed by atoms with van der Waals surface area (Å²) in [5, 5.41) is 3.92. The molecule has 0 bridgehead atoms. The number of nitrogens with one attached hydrogen (secondary N) is 1. The highest BCUT2D eigenvalue weighted by Crippen LogP contribution is 2.28. The van der Waals surface area contributed by atoms with Crippen molar-refractivity contribution in [3.8, 4) is 5.75 Å². The number of hydrogen-bond acceptors (Lipinski definition) is 2. The maximum atomic E-state index is 6.05. The van der Waals surface area contributed by atoms with E-state index in [1.807, 2.05) is 26.1 Å². The Morgan fingerprint density at radius 1 is 1.43 bits per heavy atom. The Kier molecular flexibility index (Phi) is 4.23. The van der Waals surface area contributed by atoms with Crippen LogP contribution in [0.25, 0.3) is 0 Å². The van der Waals surface area contributed by atoms with Crippen LogP contribution in [0.3, 0.4) is 0 Å². The van der Waals surface area contributed by atoms with Gasteiger partial charge in [-0.1, -0.05) is 11.6 Å². The molecule has 0 heterocycles. The summed E-state index contributed by atoms with van der Waals surface area (Å²) in [6.07, 6.45) is 0.937. The summed E-state index contributed by atoms with van der Waals surface area (Å²) in [6.45, 7) is 2.95. The number of rotatable bonds is 4. The SMILES string of the molecule is CNCCc1c(OC)ccc(Cl)c1C. The van der Waals surface area contributed by atoms with E-state index in [2.05, 4.69) is 5.32 Å². The molecule has 0 unspecified atom stereocenters. The van der Waals surface area contributed by atoms with Gasteiger partial charge in [0.05, 0.1) is 7.11 Å². The summed E-state index contributed by atoms with van der Waals surface area (Å²) < 4.78 is 5.29. The number of likely N-dealkylation sites (N-methyl/N-ethyl adjacent to an activating group) is 1. The minimum Gasteiger partial charge on any atom is -0.496 e. The minimum absolute atomic E-state index is 0.803. The average molecular weight is 214 g/mol. The first kappa shape index (κ1) is 11.3. The first-order valence-corrected chi connectivity index (χ1v) is 5.05. The lowest BCUT2D eigenvalue weighted by molar-refractivity contribution is 0.409. The van der Waals surface area contributed by atoms with Crippen molar-refractivity contribution < 1.29 is 4.74 Å². The third-order valence-corrected chi connectivity index (χ3v) is 2.74. The molecular weight excluding hydrogens is 198 g/mol. The zero-order valence-electron chi connectivity index (χ0n) is 8.86. The van der Waals surface area contributed by atoms with Crippen LogP contribution in [0.2, 0.25) is 5.02 Å². The second-order valence-electron chi connectivity index (χ2n) is 3.21. The third-order valence-electron chi connectivity index (χ3n) is 2.33. The van der Waals surface area contributed by atoms with Gasteiger partial charge in [0.15, 0.2) is 0 Å². The van der Waals surface area contributed by atoms with Crippen LogP contribution >= 0.6 is 11.6 Å². The standard InChI is InChI=1S/C11H16ClNO/c1-8-9(6-7-13-2)11(14-3)5-4-10(8)12/h4-5,13H,6-7H2,1-3H3. The van der Waals surface area contributed by atoms with Crippen molar-refractivity contribution in [1.82, 2.24) is 5.32 Å². The summed E-state index contributed by atoms with van der Waals surface area (Å²) in [6, 6.07) is 3.79. The lowest BCUT2D eigenvalue weighted by Gasteiger charge is -2.12. The molecule has 1 aromatic rings. The first-order chi connectivity index (χ1) is 6.70. The predicted molar refractivity (Wildman–Crippen MR) is 60.4 cm³/mol. The second-order valence-corrected chi connectivity index (χ2v) is 3.61. The second kappa shape index (κ2) is 5.23. The molecule has 0 spiro atoms. The van der Waals surface area contributed by atoms with E-state index in [0.717, 1.165) is 29.3 Å². The van der Waals surface area contributed by atoms with Crippen molar-refractivity contribution in [3.05, 3.63) is 28.3 Å². The highest BCUT2D eigenvalue weighted by Gasteiger charge is 2.08. The zero-order chi connectivity index (χ0) is 10.6. The average Bonchev–Trinajstić information content (AvgIpc) is 2.20. The van der Waals surface area contributed by atoms with E-state index in [0.29, 0.717) is 0 Å². The molecule has 0 atom stereocenters. The van der Waals surface area contributed by atoms with Crippen LogP contribution in [0.15, 0.2) is 12.1 Å². The van der Waals surface area contributed by atoms with Gasteiger partial charge in [0.1, 0.15) is 5.75 Å². The topological polar surface area (TPSA) is 21.3 Å². The number of methoxy groups -OCH3 is 1. The van der Waals surface area contributed by atoms with E-state index >= 15 is 0 Å². The fraction of sp³-hybridized carbons (Fsp3) is 0.455. The van der Waals surface area contributed by atoms with E-state index < -0.39 is 0 Å². The molecule has 1 rings (SSSR count). The summed E-state index contributed by atoms with van der Waals surface area (Å²) >= 11 is 6.05. The van der Waals surface area contributed by atoms with Crippen molar-refractivity contribution in [2.75, 3.05) is 20.7 Å². The number of hydrogen-bond donors (Lipinski definition) is 1. The quantitative estimate of drug-likeness (QED) is 0.830. The van der Waals surface area contributed by atoms with Gasteiger partial charge in [-0.3, -0.25) is 0 Å². The molecular formula is C11H16ClNO. The fourth-order valence-electron chi connectivity index (χ4n) is 1.46. The van der Waals surface area contributed by atoms with E-state index in [1.54, 1.807) is 7.11 Å². The minimum atomic E-state index is 0.803. The Morgan fingerprint density at radius 3 is 2.71 bits per heavy atom. The number of ether oxygens (including phenoxy) is 1. The molecule has 0 amide bonds. The van der Waals surface area contributed by atoms with Crippen LogP contribution in [0.1, 0.15) is 11.1 Å². The van der Waals surface area contributed by atoms with Gasteiger partial charge >= 0.3 is 0 Å². The maximum Gasteiger partial charge on any atom is 0.122 e. The molecule has 78 valence electrons.